The van der Waals surface area contributed by atoms with Crippen molar-refractivity contribution >= 4 is 11.9 Å². The number of esters is 1. The van der Waals surface area contributed by atoms with Crippen LogP contribution in [-0.2, 0) is 14.3 Å². The van der Waals surface area contributed by atoms with Crippen molar-refractivity contribution in [3.8, 4) is 11.5 Å². The Bertz CT molecular complexity index is 795. The SMILES string of the molecule is COc1ccc(OCC(=O)OCC(=O)N[C@H](C)c2ccc(F)cc2F)cc1. The summed E-state index contributed by atoms with van der Waals surface area (Å²) in [6.07, 6.45) is 0. The largest absolute Gasteiger partial charge is 0.497 e. The molecule has 0 aliphatic rings. The van der Waals surface area contributed by atoms with Gasteiger partial charge in [-0.2, -0.15) is 0 Å². The van der Waals surface area contributed by atoms with Gasteiger partial charge in [-0.25, -0.2) is 13.6 Å². The second-order valence-corrected chi connectivity index (χ2v) is 5.58. The molecule has 0 saturated heterocycles. The first-order chi connectivity index (χ1) is 12.9. The van der Waals surface area contributed by atoms with E-state index in [1.807, 2.05) is 0 Å². The second kappa shape index (κ2) is 9.51. The number of halogens is 2. The molecule has 2 rings (SSSR count). The zero-order valence-electron chi connectivity index (χ0n) is 14.8. The van der Waals surface area contributed by atoms with Crippen LogP contribution < -0.4 is 14.8 Å². The van der Waals surface area contributed by atoms with Crippen molar-refractivity contribution in [1.82, 2.24) is 5.32 Å². The fraction of sp³-hybridized carbons (Fsp3) is 0.263. The summed E-state index contributed by atoms with van der Waals surface area (Å²) in [4.78, 5) is 23.5. The first kappa shape index (κ1) is 20.2. The van der Waals surface area contributed by atoms with Crippen molar-refractivity contribution in [2.24, 2.45) is 0 Å². The number of methoxy groups -OCH3 is 1. The monoisotopic (exact) mass is 379 g/mol. The van der Waals surface area contributed by atoms with Gasteiger partial charge in [0.2, 0.25) is 0 Å². The van der Waals surface area contributed by atoms with Gasteiger partial charge in [0.1, 0.15) is 23.1 Å². The van der Waals surface area contributed by atoms with Gasteiger partial charge in [0.15, 0.2) is 13.2 Å². The van der Waals surface area contributed by atoms with Gasteiger partial charge >= 0.3 is 5.97 Å². The second-order valence-electron chi connectivity index (χ2n) is 5.58. The Labute approximate surface area is 155 Å². The summed E-state index contributed by atoms with van der Waals surface area (Å²) in [6, 6.07) is 8.94. The highest BCUT2D eigenvalue weighted by atomic mass is 19.1. The lowest BCUT2D eigenvalue weighted by atomic mass is 10.1. The Kier molecular flexibility index (Phi) is 7.10. The third-order valence-electron chi connectivity index (χ3n) is 3.59. The molecule has 0 aliphatic heterocycles. The summed E-state index contributed by atoms with van der Waals surface area (Å²) in [6.45, 7) is 0.614. The van der Waals surface area contributed by atoms with Gasteiger partial charge in [-0.15, -0.1) is 0 Å². The van der Waals surface area contributed by atoms with E-state index in [9.17, 15) is 18.4 Å². The number of nitrogens with one attached hydrogen (secondary N) is 1. The minimum atomic E-state index is -0.771. The topological polar surface area (TPSA) is 73.9 Å². The van der Waals surface area contributed by atoms with Crippen LogP contribution in [-0.4, -0.2) is 32.2 Å². The van der Waals surface area contributed by atoms with Gasteiger partial charge in [-0.05, 0) is 37.3 Å². The predicted molar refractivity (Wildman–Crippen MR) is 92.4 cm³/mol. The molecule has 2 aromatic rings. The highest BCUT2D eigenvalue weighted by Gasteiger charge is 2.15. The summed E-state index contributed by atoms with van der Waals surface area (Å²) < 4.78 is 41.6. The fourth-order valence-electron chi connectivity index (χ4n) is 2.22. The van der Waals surface area contributed by atoms with E-state index in [1.165, 1.54) is 20.1 Å². The third-order valence-corrected chi connectivity index (χ3v) is 3.59. The van der Waals surface area contributed by atoms with Gasteiger partial charge in [0.25, 0.3) is 5.91 Å². The van der Waals surface area contributed by atoms with Gasteiger partial charge in [0, 0.05) is 11.6 Å². The molecule has 0 aliphatic carbocycles. The molecular weight excluding hydrogens is 360 g/mol. The number of hydrogen-bond donors (Lipinski definition) is 1. The van der Waals surface area contributed by atoms with Crippen LogP contribution in [0.1, 0.15) is 18.5 Å². The number of rotatable bonds is 8. The average Bonchev–Trinajstić information content (AvgIpc) is 2.65. The molecule has 0 aromatic heterocycles. The normalized spacial score (nSPS) is 11.4. The van der Waals surface area contributed by atoms with Crippen LogP contribution in [0, 0.1) is 11.6 Å². The van der Waals surface area contributed by atoms with E-state index in [2.05, 4.69) is 5.32 Å². The minimum Gasteiger partial charge on any atom is -0.497 e. The lowest BCUT2D eigenvalue weighted by Gasteiger charge is -2.15. The highest BCUT2D eigenvalue weighted by molar-refractivity contribution is 5.81. The van der Waals surface area contributed by atoms with Crippen molar-refractivity contribution in [3.05, 3.63) is 59.7 Å². The van der Waals surface area contributed by atoms with Crippen LogP contribution in [0.4, 0.5) is 8.78 Å². The number of carbonyl (C=O) groups excluding carboxylic acids is 2. The molecule has 0 saturated carbocycles. The Morgan fingerprint density at radius 3 is 2.33 bits per heavy atom. The maximum atomic E-state index is 13.7. The number of amides is 1. The van der Waals surface area contributed by atoms with Gasteiger partial charge in [0.05, 0.1) is 13.2 Å². The quantitative estimate of drug-likeness (QED) is 0.714. The Balaban J connectivity index is 1.74. The predicted octanol–water partition coefficient (Wildman–Crippen LogP) is 2.77. The standard InChI is InChI=1S/C19H19F2NO5/c1-12(16-8-3-13(20)9-17(16)21)22-18(23)10-27-19(24)11-26-15-6-4-14(25-2)5-7-15/h3-9,12H,10-11H2,1-2H3,(H,22,23)/t12-/m1/s1. The summed E-state index contributed by atoms with van der Waals surface area (Å²) in [5.41, 5.74) is 0.124. The molecule has 144 valence electrons. The van der Waals surface area contributed by atoms with Gasteiger partial charge in [-0.3, -0.25) is 4.79 Å². The molecule has 0 radical (unpaired) electrons. The van der Waals surface area contributed by atoms with E-state index in [1.54, 1.807) is 24.3 Å². The molecule has 1 N–H and O–H groups in total. The zero-order valence-corrected chi connectivity index (χ0v) is 14.8. The lowest BCUT2D eigenvalue weighted by Crippen LogP contribution is -2.32. The van der Waals surface area contributed by atoms with Crippen LogP contribution in [0.25, 0.3) is 0 Å². The van der Waals surface area contributed by atoms with E-state index in [0.29, 0.717) is 11.5 Å². The lowest BCUT2D eigenvalue weighted by molar-refractivity contribution is -0.150. The molecule has 27 heavy (non-hydrogen) atoms. The summed E-state index contributed by atoms with van der Waals surface area (Å²) in [7, 11) is 1.53. The first-order valence-electron chi connectivity index (χ1n) is 8.06. The molecule has 0 bridgehead atoms. The molecule has 1 amide bonds. The number of hydrogen-bond acceptors (Lipinski definition) is 5. The Morgan fingerprint density at radius 2 is 1.70 bits per heavy atom. The number of benzene rings is 2. The molecule has 2 aromatic carbocycles. The van der Waals surface area contributed by atoms with E-state index in [0.717, 1.165) is 12.1 Å². The first-order valence-corrected chi connectivity index (χ1v) is 8.06. The molecule has 0 unspecified atom stereocenters. The van der Waals surface area contributed by atoms with Crippen LogP contribution >= 0.6 is 0 Å². The molecular formula is C19H19F2NO5. The Hall–Kier alpha value is -3.16. The molecule has 0 heterocycles. The zero-order chi connectivity index (χ0) is 19.8. The van der Waals surface area contributed by atoms with Crippen LogP contribution in [0.15, 0.2) is 42.5 Å². The molecule has 1 atom stereocenters. The Morgan fingerprint density at radius 1 is 1.04 bits per heavy atom. The maximum absolute atomic E-state index is 13.7. The average molecular weight is 379 g/mol. The van der Waals surface area contributed by atoms with Crippen molar-refractivity contribution in [2.75, 3.05) is 20.3 Å². The molecule has 0 fully saturated rings. The van der Waals surface area contributed by atoms with Crippen molar-refractivity contribution in [1.29, 1.82) is 0 Å². The molecule has 6 nitrogen and oxygen atoms in total. The minimum absolute atomic E-state index is 0.124. The van der Waals surface area contributed by atoms with Crippen LogP contribution in [0.5, 0.6) is 11.5 Å². The van der Waals surface area contributed by atoms with E-state index in [4.69, 9.17) is 14.2 Å². The van der Waals surface area contributed by atoms with Crippen LogP contribution in [0.2, 0.25) is 0 Å². The number of carbonyl (C=O) groups is 2. The van der Waals surface area contributed by atoms with E-state index < -0.39 is 36.2 Å². The van der Waals surface area contributed by atoms with Crippen LogP contribution in [0.3, 0.4) is 0 Å². The van der Waals surface area contributed by atoms with E-state index >= 15 is 0 Å². The maximum Gasteiger partial charge on any atom is 0.344 e. The van der Waals surface area contributed by atoms with Crippen molar-refractivity contribution in [3.63, 3.8) is 0 Å². The summed E-state index contributed by atoms with van der Waals surface area (Å²) in [5.74, 6) is -1.75. The third kappa shape index (κ3) is 6.25. The molecule has 8 heteroatoms. The van der Waals surface area contributed by atoms with Crippen molar-refractivity contribution in [2.45, 2.75) is 13.0 Å². The van der Waals surface area contributed by atoms with Gasteiger partial charge in [-0.1, -0.05) is 6.07 Å². The number of ether oxygens (including phenoxy) is 3. The summed E-state index contributed by atoms with van der Waals surface area (Å²) >= 11 is 0. The molecule has 0 spiro atoms. The highest BCUT2D eigenvalue weighted by Crippen LogP contribution is 2.18. The van der Waals surface area contributed by atoms with Crippen molar-refractivity contribution < 1.29 is 32.6 Å². The van der Waals surface area contributed by atoms with E-state index in [-0.39, 0.29) is 12.2 Å². The summed E-state index contributed by atoms with van der Waals surface area (Å²) in [5, 5.41) is 2.46. The van der Waals surface area contributed by atoms with Gasteiger partial charge < -0.3 is 19.5 Å². The smallest absolute Gasteiger partial charge is 0.344 e. The fourth-order valence-corrected chi connectivity index (χ4v) is 2.22.